The predicted octanol–water partition coefficient (Wildman–Crippen LogP) is 4.42. The van der Waals surface area contributed by atoms with Crippen molar-refractivity contribution in [3.8, 4) is 0 Å². The zero-order chi connectivity index (χ0) is 41.2. The smallest absolute Gasteiger partial charge is 0.431 e. The van der Waals surface area contributed by atoms with Gasteiger partial charge in [0.2, 0.25) is 5.91 Å². The van der Waals surface area contributed by atoms with Crippen LogP contribution in [0.3, 0.4) is 0 Å². The van der Waals surface area contributed by atoms with E-state index in [1.54, 1.807) is 25.7 Å². The fraction of sp³-hybridized carbons (Fsp3) is 0.610. The Hall–Kier alpha value is -4.16. The Labute approximate surface area is 336 Å². The summed E-state index contributed by atoms with van der Waals surface area (Å²) in [5.74, 6) is -0.785. The van der Waals surface area contributed by atoms with Gasteiger partial charge in [-0.25, -0.2) is 4.79 Å². The standard InChI is InChI=1S/C41H62N2O14/c1-41(2,3)57-40(47)42-56-31-30-52-28-29-53-34-37(44)43(18-22-50-26-24-48-20-10-16-38(45)54-32-35-12-6-4-7-13-35)19-23-51-27-25-49-21-11-17-39(46)55-33-36-14-8-5-9-15-36/h4-9,12-15H,10-11,16-34H2,1-3H3,(H,42,47). The SMILES string of the molecule is CC(C)(C)OC(=O)NOCCOCCOCC(=O)N(CCOCCOCCCC(=O)OCc1ccccc1)CCOCCOCCCC(=O)OCc1ccccc1. The van der Waals surface area contributed by atoms with E-state index in [2.05, 4.69) is 5.48 Å². The molecule has 0 spiro atoms. The zero-order valence-electron chi connectivity index (χ0n) is 33.8. The van der Waals surface area contributed by atoms with Crippen LogP contribution in [0, 0.1) is 0 Å². The summed E-state index contributed by atoms with van der Waals surface area (Å²) in [7, 11) is 0. The third-order valence-corrected chi connectivity index (χ3v) is 7.41. The van der Waals surface area contributed by atoms with E-state index in [4.69, 9.17) is 47.5 Å². The number of nitrogens with one attached hydrogen (secondary N) is 1. The summed E-state index contributed by atoms with van der Waals surface area (Å²) in [4.78, 5) is 55.1. The van der Waals surface area contributed by atoms with E-state index in [1.165, 1.54) is 0 Å². The van der Waals surface area contributed by atoms with Gasteiger partial charge in [-0.15, -0.1) is 0 Å². The van der Waals surface area contributed by atoms with Gasteiger partial charge >= 0.3 is 18.0 Å². The lowest BCUT2D eigenvalue weighted by Crippen LogP contribution is -2.39. The third kappa shape index (κ3) is 28.8. The van der Waals surface area contributed by atoms with Crippen LogP contribution in [0.1, 0.15) is 57.6 Å². The van der Waals surface area contributed by atoms with Gasteiger partial charge in [0.1, 0.15) is 25.4 Å². The van der Waals surface area contributed by atoms with Crippen LogP contribution in [-0.2, 0) is 75.1 Å². The van der Waals surface area contributed by atoms with E-state index in [0.717, 1.165) is 11.1 Å². The number of ether oxygens (including phenoxy) is 9. The van der Waals surface area contributed by atoms with E-state index in [0.29, 0.717) is 65.6 Å². The number of benzene rings is 2. The summed E-state index contributed by atoms with van der Waals surface area (Å²) in [5.41, 5.74) is 3.42. The Bertz CT molecular complexity index is 1270. The molecular weight excluding hydrogens is 744 g/mol. The Balaban J connectivity index is 1.57. The number of hydroxylamine groups is 1. The summed E-state index contributed by atoms with van der Waals surface area (Å²) >= 11 is 0. The van der Waals surface area contributed by atoms with Crippen LogP contribution in [0.4, 0.5) is 4.79 Å². The first-order valence-electron chi connectivity index (χ1n) is 19.4. The molecule has 0 aliphatic heterocycles. The minimum atomic E-state index is -0.692. The molecule has 0 heterocycles. The summed E-state index contributed by atoms with van der Waals surface area (Å²) < 4.78 is 49.1. The lowest BCUT2D eigenvalue weighted by atomic mass is 10.2. The first-order valence-corrected chi connectivity index (χ1v) is 19.4. The third-order valence-electron chi connectivity index (χ3n) is 7.41. The number of carbonyl (C=O) groups excluding carboxylic acids is 4. The number of hydrogen-bond donors (Lipinski definition) is 1. The summed E-state index contributed by atoms with van der Waals surface area (Å²) in [6.07, 6.45) is 0.911. The molecule has 0 bridgehead atoms. The van der Waals surface area contributed by atoms with Crippen molar-refractivity contribution in [1.82, 2.24) is 10.4 Å². The van der Waals surface area contributed by atoms with Crippen molar-refractivity contribution in [1.29, 1.82) is 0 Å². The van der Waals surface area contributed by atoms with Gasteiger partial charge in [0.25, 0.3) is 0 Å². The maximum atomic E-state index is 13.0. The number of carbonyl (C=O) groups is 4. The molecule has 0 aromatic heterocycles. The number of esters is 2. The van der Waals surface area contributed by atoms with Gasteiger partial charge < -0.3 is 47.5 Å². The largest absolute Gasteiger partial charge is 0.461 e. The molecule has 0 aliphatic carbocycles. The quantitative estimate of drug-likeness (QED) is 0.0465. The van der Waals surface area contributed by atoms with Gasteiger partial charge in [-0.3, -0.25) is 19.2 Å². The lowest BCUT2D eigenvalue weighted by molar-refractivity contribution is -0.146. The van der Waals surface area contributed by atoms with Crippen molar-refractivity contribution in [3.63, 3.8) is 0 Å². The van der Waals surface area contributed by atoms with Crippen LogP contribution < -0.4 is 5.48 Å². The molecule has 16 nitrogen and oxygen atoms in total. The molecule has 0 unspecified atom stereocenters. The molecule has 320 valence electrons. The zero-order valence-corrected chi connectivity index (χ0v) is 33.8. The van der Waals surface area contributed by atoms with Crippen molar-refractivity contribution in [2.75, 3.05) is 99.0 Å². The summed E-state index contributed by atoms with van der Waals surface area (Å²) in [6.45, 7) is 9.59. The van der Waals surface area contributed by atoms with Gasteiger partial charge in [-0.1, -0.05) is 60.7 Å². The highest BCUT2D eigenvalue weighted by atomic mass is 16.7. The Morgan fingerprint density at radius 2 is 0.965 bits per heavy atom. The molecule has 0 fully saturated rings. The Morgan fingerprint density at radius 3 is 1.44 bits per heavy atom. The highest BCUT2D eigenvalue weighted by Gasteiger charge is 2.16. The predicted molar refractivity (Wildman–Crippen MR) is 208 cm³/mol. The van der Waals surface area contributed by atoms with Crippen LogP contribution >= 0.6 is 0 Å². The molecule has 2 amide bonds. The molecule has 57 heavy (non-hydrogen) atoms. The number of nitrogens with zero attached hydrogens (tertiary/aromatic N) is 1. The van der Waals surface area contributed by atoms with E-state index < -0.39 is 11.7 Å². The highest BCUT2D eigenvalue weighted by molar-refractivity contribution is 5.77. The molecule has 2 aromatic rings. The number of amides is 2. The van der Waals surface area contributed by atoms with Gasteiger partial charge in [0.05, 0.1) is 66.1 Å². The first-order chi connectivity index (χ1) is 27.6. The van der Waals surface area contributed by atoms with Gasteiger partial charge in [0.15, 0.2) is 0 Å². The fourth-order valence-corrected chi connectivity index (χ4v) is 4.59. The molecule has 0 saturated heterocycles. The molecule has 0 radical (unpaired) electrons. The van der Waals surface area contributed by atoms with Gasteiger partial charge in [-0.05, 0) is 44.7 Å². The molecule has 0 saturated carbocycles. The first kappa shape index (κ1) is 49.0. The van der Waals surface area contributed by atoms with Gasteiger partial charge in [-0.2, -0.15) is 5.48 Å². The maximum Gasteiger partial charge on any atom is 0.431 e. The number of rotatable bonds is 33. The molecule has 0 atom stereocenters. The van der Waals surface area contributed by atoms with Crippen LogP contribution in [-0.4, -0.2) is 133 Å². The van der Waals surface area contributed by atoms with E-state index >= 15 is 0 Å². The summed E-state index contributed by atoms with van der Waals surface area (Å²) in [5, 5.41) is 0. The normalized spacial score (nSPS) is 11.2. The Kier molecular flexibility index (Phi) is 27.4. The van der Waals surface area contributed by atoms with Crippen molar-refractivity contribution in [2.45, 2.75) is 65.3 Å². The molecule has 2 aromatic carbocycles. The molecular formula is C41H62N2O14. The van der Waals surface area contributed by atoms with Crippen LogP contribution in [0.2, 0.25) is 0 Å². The minimum absolute atomic E-state index is 0.107. The second kappa shape index (κ2) is 31.9. The monoisotopic (exact) mass is 806 g/mol. The van der Waals surface area contributed by atoms with Crippen molar-refractivity contribution >= 4 is 23.9 Å². The Morgan fingerprint density at radius 1 is 0.544 bits per heavy atom. The van der Waals surface area contributed by atoms with Crippen molar-refractivity contribution in [2.24, 2.45) is 0 Å². The van der Waals surface area contributed by atoms with E-state index in [-0.39, 0.29) is 90.1 Å². The van der Waals surface area contributed by atoms with E-state index in [9.17, 15) is 19.2 Å². The lowest BCUT2D eigenvalue weighted by Gasteiger charge is -2.23. The van der Waals surface area contributed by atoms with E-state index in [1.807, 2.05) is 60.7 Å². The maximum absolute atomic E-state index is 13.0. The topological polar surface area (TPSA) is 176 Å². The fourth-order valence-electron chi connectivity index (χ4n) is 4.59. The van der Waals surface area contributed by atoms with Crippen molar-refractivity contribution < 1.29 is 66.6 Å². The number of hydrogen-bond acceptors (Lipinski definition) is 14. The average Bonchev–Trinajstić information content (AvgIpc) is 3.19. The van der Waals surface area contributed by atoms with Crippen LogP contribution in [0.15, 0.2) is 60.7 Å². The van der Waals surface area contributed by atoms with Gasteiger partial charge in [0, 0.05) is 39.1 Å². The van der Waals surface area contributed by atoms with Crippen molar-refractivity contribution in [3.05, 3.63) is 71.8 Å². The second-order valence-corrected chi connectivity index (χ2v) is 13.4. The molecule has 1 N–H and O–H groups in total. The van der Waals surface area contributed by atoms with Crippen LogP contribution in [0.5, 0.6) is 0 Å². The second-order valence-electron chi connectivity index (χ2n) is 13.4. The average molecular weight is 807 g/mol. The molecule has 16 heteroatoms. The highest BCUT2D eigenvalue weighted by Crippen LogP contribution is 2.07. The van der Waals surface area contributed by atoms with Crippen LogP contribution in [0.25, 0.3) is 0 Å². The molecule has 2 rings (SSSR count). The summed E-state index contributed by atoms with van der Waals surface area (Å²) in [6, 6.07) is 19.0. The minimum Gasteiger partial charge on any atom is -0.461 e. The molecule has 0 aliphatic rings.